The van der Waals surface area contributed by atoms with Crippen LogP contribution in [0.5, 0.6) is 0 Å². The van der Waals surface area contributed by atoms with Crippen molar-refractivity contribution in [3.8, 4) is 0 Å². The van der Waals surface area contributed by atoms with E-state index in [1.807, 2.05) is 0 Å². The maximum atomic E-state index is 2.25. The summed E-state index contributed by atoms with van der Waals surface area (Å²) >= 11 is 0. The minimum Gasteiger partial charge on any atom is -0.0848 e. The molecule has 0 aromatic heterocycles. The minimum atomic E-state index is 1.14. The fraction of sp³-hybridized carbons (Fsp3) is 0.636. The van der Waals surface area contributed by atoms with E-state index in [9.17, 15) is 0 Å². The molecule has 0 rings (SSSR count). The van der Waals surface area contributed by atoms with Crippen molar-refractivity contribution in [2.24, 2.45) is 0 Å². The van der Waals surface area contributed by atoms with E-state index in [0.717, 1.165) is 6.42 Å². The van der Waals surface area contributed by atoms with Crippen molar-refractivity contribution in [1.29, 1.82) is 0 Å². The number of hydrogen-bond acceptors (Lipinski definition) is 0. The molecular weight excluding hydrogens is 132 g/mol. The lowest BCUT2D eigenvalue weighted by Gasteiger charge is -1.89. The number of rotatable bonds is 6. The zero-order chi connectivity index (χ0) is 8.36. The van der Waals surface area contributed by atoms with Crippen LogP contribution in [-0.2, 0) is 0 Å². The number of unbranched alkanes of at least 4 members (excludes halogenated alkanes) is 3. The molecule has 0 nitrogen and oxygen atoms in total. The molecule has 0 aromatic rings. The Morgan fingerprint density at radius 1 is 0.909 bits per heavy atom. The first kappa shape index (κ1) is 10.5. The number of allylic oxidation sites excluding steroid dienone is 4. The van der Waals surface area contributed by atoms with Crippen molar-refractivity contribution in [2.75, 3.05) is 0 Å². The maximum Gasteiger partial charge on any atom is -0.0348 e. The minimum absolute atomic E-state index is 1.14. The molecule has 64 valence electrons. The Balaban J connectivity index is 3.09. The fourth-order valence-corrected chi connectivity index (χ4v) is 0.902. The Morgan fingerprint density at radius 3 is 2.27 bits per heavy atom. The van der Waals surface area contributed by atoms with E-state index in [4.69, 9.17) is 0 Å². The van der Waals surface area contributed by atoms with Crippen molar-refractivity contribution in [2.45, 2.75) is 46.0 Å². The van der Waals surface area contributed by atoms with Gasteiger partial charge in [0.15, 0.2) is 0 Å². The summed E-state index contributed by atoms with van der Waals surface area (Å²) in [4.78, 5) is 0. The van der Waals surface area contributed by atoms with Gasteiger partial charge in [-0.3, -0.25) is 0 Å². The second kappa shape index (κ2) is 9.48. The zero-order valence-electron chi connectivity index (χ0n) is 7.84. The summed E-state index contributed by atoms with van der Waals surface area (Å²) in [6.45, 7) is 4.39. The van der Waals surface area contributed by atoms with Crippen LogP contribution in [0.25, 0.3) is 0 Å². The molecule has 11 heavy (non-hydrogen) atoms. The summed E-state index contributed by atoms with van der Waals surface area (Å²) < 4.78 is 0. The molecule has 0 saturated carbocycles. The third-order valence-corrected chi connectivity index (χ3v) is 1.59. The lowest BCUT2D eigenvalue weighted by Crippen LogP contribution is -1.69. The van der Waals surface area contributed by atoms with Gasteiger partial charge in [-0.1, -0.05) is 51.0 Å². The molecule has 0 unspecified atom stereocenters. The van der Waals surface area contributed by atoms with Gasteiger partial charge in [-0.05, 0) is 19.3 Å². The molecule has 0 aliphatic carbocycles. The van der Waals surface area contributed by atoms with Crippen LogP contribution in [0.2, 0.25) is 0 Å². The van der Waals surface area contributed by atoms with Gasteiger partial charge in [0.1, 0.15) is 0 Å². The summed E-state index contributed by atoms with van der Waals surface area (Å²) in [6.07, 6.45) is 15.1. The molecule has 0 bridgehead atoms. The van der Waals surface area contributed by atoms with Crippen molar-refractivity contribution in [3.63, 3.8) is 0 Å². The van der Waals surface area contributed by atoms with E-state index in [1.165, 1.54) is 25.7 Å². The third kappa shape index (κ3) is 9.48. The van der Waals surface area contributed by atoms with Crippen molar-refractivity contribution in [3.05, 3.63) is 24.3 Å². The Kier molecular flexibility index (Phi) is 9.03. The maximum absolute atomic E-state index is 2.25. The van der Waals surface area contributed by atoms with Crippen LogP contribution in [0.3, 0.4) is 0 Å². The Morgan fingerprint density at radius 2 is 1.64 bits per heavy atom. The highest BCUT2D eigenvalue weighted by atomic mass is 13.9. The molecule has 0 heterocycles. The summed E-state index contributed by atoms with van der Waals surface area (Å²) in [7, 11) is 0. The van der Waals surface area contributed by atoms with Crippen LogP contribution in [-0.4, -0.2) is 0 Å². The molecule has 0 atom stereocenters. The molecule has 0 radical (unpaired) electrons. The van der Waals surface area contributed by atoms with E-state index in [1.54, 1.807) is 0 Å². The van der Waals surface area contributed by atoms with E-state index < -0.39 is 0 Å². The highest BCUT2D eigenvalue weighted by molar-refractivity contribution is 5.01. The van der Waals surface area contributed by atoms with Gasteiger partial charge >= 0.3 is 0 Å². The molecule has 0 spiro atoms. The average molecular weight is 152 g/mol. The lowest BCUT2D eigenvalue weighted by molar-refractivity contribution is 0.729. The predicted octanol–water partition coefficient (Wildman–Crippen LogP) is 4.09. The SMILES string of the molecule is CC/C=C\C=C\CCCCC. The first-order chi connectivity index (χ1) is 5.41. The summed E-state index contributed by atoms with van der Waals surface area (Å²) in [5.74, 6) is 0. The lowest BCUT2D eigenvalue weighted by atomic mass is 10.2. The first-order valence-electron chi connectivity index (χ1n) is 4.73. The summed E-state index contributed by atoms with van der Waals surface area (Å²) in [5, 5.41) is 0. The smallest absolute Gasteiger partial charge is 0.0348 e. The van der Waals surface area contributed by atoms with E-state index in [0.29, 0.717) is 0 Å². The monoisotopic (exact) mass is 152 g/mol. The van der Waals surface area contributed by atoms with Crippen LogP contribution < -0.4 is 0 Å². The molecule has 0 aliphatic heterocycles. The van der Waals surface area contributed by atoms with Gasteiger partial charge in [-0.2, -0.15) is 0 Å². The first-order valence-corrected chi connectivity index (χ1v) is 4.73. The van der Waals surface area contributed by atoms with Gasteiger partial charge in [0, 0.05) is 0 Å². The standard InChI is InChI=1S/C11H20/c1-3-5-7-9-11-10-8-6-4-2/h5,7,9,11H,3-4,6,8,10H2,1-2H3/b7-5-,11-9+. The average Bonchev–Trinajstić information content (AvgIpc) is 2.03. The van der Waals surface area contributed by atoms with E-state index in [-0.39, 0.29) is 0 Å². The molecule has 0 saturated heterocycles. The largest absolute Gasteiger partial charge is 0.0848 e. The molecule has 0 aliphatic rings. The quantitative estimate of drug-likeness (QED) is 0.397. The van der Waals surface area contributed by atoms with Gasteiger partial charge in [-0.25, -0.2) is 0 Å². The van der Waals surface area contributed by atoms with E-state index >= 15 is 0 Å². The zero-order valence-corrected chi connectivity index (χ0v) is 7.84. The highest BCUT2D eigenvalue weighted by Gasteiger charge is 1.79. The molecule has 0 heteroatoms. The normalized spacial score (nSPS) is 11.8. The van der Waals surface area contributed by atoms with Crippen molar-refractivity contribution < 1.29 is 0 Å². The van der Waals surface area contributed by atoms with Crippen LogP contribution >= 0.6 is 0 Å². The van der Waals surface area contributed by atoms with Crippen LogP contribution in [0, 0.1) is 0 Å². The third-order valence-electron chi connectivity index (χ3n) is 1.59. The second-order valence-electron chi connectivity index (χ2n) is 2.76. The second-order valence-corrected chi connectivity index (χ2v) is 2.76. The predicted molar refractivity (Wildman–Crippen MR) is 52.7 cm³/mol. The Bertz CT molecular complexity index is 109. The van der Waals surface area contributed by atoms with Crippen LogP contribution in [0.4, 0.5) is 0 Å². The topological polar surface area (TPSA) is 0 Å². The van der Waals surface area contributed by atoms with Crippen molar-refractivity contribution >= 4 is 0 Å². The van der Waals surface area contributed by atoms with Gasteiger partial charge in [0.05, 0.1) is 0 Å². The molecular formula is C11H20. The summed E-state index contributed by atoms with van der Waals surface area (Å²) in [5.41, 5.74) is 0. The van der Waals surface area contributed by atoms with E-state index in [2.05, 4.69) is 38.2 Å². The highest BCUT2D eigenvalue weighted by Crippen LogP contribution is 1.99. The molecule has 0 fully saturated rings. The fourth-order valence-electron chi connectivity index (χ4n) is 0.902. The van der Waals surface area contributed by atoms with Gasteiger partial charge in [0.25, 0.3) is 0 Å². The Labute approximate surface area is 71.0 Å². The Hall–Kier alpha value is -0.520. The van der Waals surface area contributed by atoms with Gasteiger partial charge in [0.2, 0.25) is 0 Å². The molecule has 0 N–H and O–H groups in total. The molecule has 0 aromatic carbocycles. The summed E-state index contributed by atoms with van der Waals surface area (Å²) in [6, 6.07) is 0. The molecule has 0 amide bonds. The van der Waals surface area contributed by atoms with Gasteiger partial charge in [-0.15, -0.1) is 0 Å². The van der Waals surface area contributed by atoms with Crippen LogP contribution in [0.1, 0.15) is 46.0 Å². The van der Waals surface area contributed by atoms with Crippen molar-refractivity contribution in [1.82, 2.24) is 0 Å². The van der Waals surface area contributed by atoms with Crippen LogP contribution in [0.15, 0.2) is 24.3 Å². The number of hydrogen-bond donors (Lipinski definition) is 0. The van der Waals surface area contributed by atoms with Gasteiger partial charge < -0.3 is 0 Å².